The Kier molecular flexibility index (Phi) is 7.68. The smallest absolute Gasteiger partial charge is 0.122 e. The number of rotatable bonds is 5. The number of aromatic hydroxyl groups is 4. The van der Waals surface area contributed by atoms with Crippen molar-refractivity contribution in [3.05, 3.63) is 48.0 Å². The lowest BCUT2D eigenvalue weighted by atomic mass is 10.0. The van der Waals surface area contributed by atoms with Crippen molar-refractivity contribution in [3.63, 3.8) is 0 Å². The zero-order valence-electron chi connectivity index (χ0n) is 12.9. The van der Waals surface area contributed by atoms with Crippen molar-refractivity contribution in [2.75, 3.05) is 0 Å². The van der Waals surface area contributed by atoms with Gasteiger partial charge in [0, 0.05) is 11.6 Å². The van der Waals surface area contributed by atoms with Crippen LogP contribution in [0.15, 0.2) is 42.5 Å². The van der Waals surface area contributed by atoms with Gasteiger partial charge in [-0.3, -0.25) is 0 Å². The fourth-order valence-corrected chi connectivity index (χ4v) is 2.04. The lowest BCUT2D eigenvalue weighted by Crippen LogP contribution is -1.87. The molecule has 0 aromatic heterocycles. The maximum atomic E-state index is 9.49. The first kappa shape index (κ1) is 17.7. The van der Waals surface area contributed by atoms with Gasteiger partial charge in [-0.05, 0) is 37.1 Å². The summed E-state index contributed by atoms with van der Waals surface area (Å²) in [6.07, 6.45) is 5.36. The monoisotopic (exact) mass is 304 g/mol. The molecule has 0 unspecified atom stereocenters. The van der Waals surface area contributed by atoms with Crippen molar-refractivity contribution in [3.8, 4) is 23.0 Å². The van der Waals surface area contributed by atoms with Crippen LogP contribution in [0.4, 0.5) is 0 Å². The Bertz CT molecular complexity index is 529. The van der Waals surface area contributed by atoms with E-state index in [1.165, 1.54) is 31.0 Å². The van der Waals surface area contributed by atoms with Crippen LogP contribution in [0.2, 0.25) is 0 Å². The molecule has 120 valence electrons. The fraction of sp³-hybridized carbons (Fsp3) is 0.333. The van der Waals surface area contributed by atoms with Gasteiger partial charge in [-0.1, -0.05) is 38.3 Å². The Labute approximate surface area is 131 Å². The standard InChI is InChI=1S/C12H18O2.C6H6O2/c1-2-3-4-5-7-10-11(13)8-6-9-12(10)14;7-5-2-1-3-6(8)4-5/h6,8-9,13-14H,2-5,7H2,1H3;1-4,7-8H. The van der Waals surface area contributed by atoms with E-state index in [2.05, 4.69) is 6.92 Å². The van der Waals surface area contributed by atoms with E-state index in [9.17, 15) is 10.2 Å². The van der Waals surface area contributed by atoms with Crippen LogP contribution in [-0.4, -0.2) is 20.4 Å². The second kappa shape index (κ2) is 9.55. The summed E-state index contributed by atoms with van der Waals surface area (Å²) in [6, 6.07) is 10.7. The minimum Gasteiger partial charge on any atom is -0.508 e. The van der Waals surface area contributed by atoms with E-state index in [0.29, 0.717) is 5.56 Å². The van der Waals surface area contributed by atoms with Crippen molar-refractivity contribution >= 4 is 0 Å². The van der Waals surface area contributed by atoms with Gasteiger partial charge < -0.3 is 20.4 Å². The second-order valence-corrected chi connectivity index (χ2v) is 5.11. The maximum Gasteiger partial charge on any atom is 0.122 e. The average Bonchev–Trinajstić information content (AvgIpc) is 2.46. The molecule has 0 aliphatic rings. The molecule has 0 atom stereocenters. The second-order valence-electron chi connectivity index (χ2n) is 5.11. The molecule has 2 aromatic carbocycles. The molecule has 0 fully saturated rings. The van der Waals surface area contributed by atoms with Gasteiger partial charge in [-0.15, -0.1) is 0 Å². The molecule has 0 amide bonds. The van der Waals surface area contributed by atoms with E-state index >= 15 is 0 Å². The molecular weight excluding hydrogens is 280 g/mol. The third kappa shape index (κ3) is 6.39. The number of unbranched alkanes of at least 4 members (excludes halogenated alkanes) is 3. The highest BCUT2D eigenvalue weighted by atomic mass is 16.3. The van der Waals surface area contributed by atoms with Crippen molar-refractivity contribution in [2.45, 2.75) is 39.0 Å². The molecule has 0 saturated heterocycles. The highest BCUT2D eigenvalue weighted by molar-refractivity contribution is 5.42. The number of hydrogen-bond donors (Lipinski definition) is 4. The van der Waals surface area contributed by atoms with Gasteiger partial charge in [0.25, 0.3) is 0 Å². The van der Waals surface area contributed by atoms with E-state index in [1.54, 1.807) is 24.3 Å². The summed E-state index contributed by atoms with van der Waals surface area (Å²) in [4.78, 5) is 0. The molecule has 4 nitrogen and oxygen atoms in total. The minimum atomic E-state index is 0.0880. The lowest BCUT2D eigenvalue weighted by molar-refractivity contribution is 0.436. The molecule has 0 saturated carbocycles. The van der Waals surface area contributed by atoms with E-state index in [4.69, 9.17) is 10.2 Å². The quantitative estimate of drug-likeness (QED) is 0.620. The van der Waals surface area contributed by atoms with Gasteiger partial charge >= 0.3 is 0 Å². The van der Waals surface area contributed by atoms with Gasteiger partial charge in [0.2, 0.25) is 0 Å². The predicted octanol–water partition coefficient (Wildman–Crippen LogP) is 4.32. The topological polar surface area (TPSA) is 80.9 Å². The molecule has 4 heteroatoms. The van der Waals surface area contributed by atoms with Gasteiger partial charge in [0.15, 0.2) is 0 Å². The Balaban J connectivity index is 0.000000255. The number of phenolic OH excluding ortho intramolecular Hbond substituents is 4. The van der Waals surface area contributed by atoms with Crippen LogP contribution < -0.4 is 0 Å². The molecule has 2 aromatic rings. The Hall–Kier alpha value is -2.36. The van der Waals surface area contributed by atoms with Gasteiger partial charge in [0.1, 0.15) is 23.0 Å². The molecule has 4 N–H and O–H groups in total. The molecule has 0 aliphatic carbocycles. The van der Waals surface area contributed by atoms with Gasteiger partial charge in [-0.2, -0.15) is 0 Å². The minimum absolute atomic E-state index is 0.0880. The van der Waals surface area contributed by atoms with Gasteiger partial charge in [0.05, 0.1) is 0 Å². The largest absolute Gasteiger partial charge is 0.508 e. The van der Waals surface area contributed by atoms with E-state index in [0.717, 1.165) is 19.3 Å². The first-order chi connectivity index (χ1) is 10.5. The molecule has 0 radical (unpaired) electrons. The molecule has 0 spiro atoms. The average molecular weight is 304 g/mol. The third-order valence-corrected chi connectivity index (χ3v) is 3.24. The summed E-state index contributed by atoms with van der Waals surface area (Å²) in [7, 11) is 0. The fourth-order valence-electron chi connectivity index (χ4n) is 2.04. The summed E-state index contributed by atoms with van der Waals surface area (Å²) in [5, 5.41) is 36.3. The zero-order chi connectivity index (χ0) is 16.4. The zero-order valence-corrected chi connectivity index (χ0v) is 12.9. The molecule has 0 aliphatic heterocycles. The number of hydrogen-bond acceptors (Lipinski definition) is 4. The van der Waals surface area contributed by atoms with Crippen molar-refractivity contribution in [1.82, 2.24) is 0 Å². The summed E-state index contributed by atoms with van der Waals surface area (Å²) >= 11 is 0. The highest BCUT2D eigenvalue weighted by Gasteiger charge is 2.05. The third-order valence-electron chi connectivity index (χ3n) is 3.24. The van der Waals surface area contributed by atoms with Crippen molar-refractivity contribution < 1.29 is 20.4 Å². The highest BCUT2D eigenvalue weighted by Crippen LogP contribution is 2.27. The summed E-state index contributed by atoms with van der Waals surface area (Å²) < 4.78 is 0. The SMILES string of the molecule is CCCCCCc1c(O)cccc1O.Oc1cccc(O)c1. The molecule has 2 rings (SSSR count). The number of benzene rings is 2. The van der Waals surface area contributed by atoms with Crippen molar-refractivity contribution in [1.29, 1.82) is 0 Å². The first-order valence-corrected chi connectivity index (χ1v) is 7.52. The van der Waals surface area contributed by atoms with E-state index in [1.807, 2.05) is 0 Å². The van der Waals surface area contributed by atoms with Crippen LogP contribution in [0.3, 0.4) is 0 Å². The number of phenols is 4. The van der Waals surface area contributed by atoms with Crippen LogP contribution in [-0.2, 0) is 6.42 Å². The lowest BCUT2D eigenvalue weighted by Gasteiger charge is -2.06. The van der Waals surface area contributed by atoms with E-state index in [-0.39, 0.29) is 23.0 Å². The van der Waals surface area contributed by atoms with Crippen LogP contribution in [0.5, 0.6) is 23.0 Å². The Morgan fingerprint density at radius 1 is 0.727 bits per heavy atom. The maximum absolute atomic E-state index is 9.49. The Morgan fingerprint density at radius 3 is 1.73 bits per heavy atom. The molecule has 22 heavy (non-hydrogen) atoms. The first-order valence-electron chi connectivity index (χ1n) is 7.52. The molecule has 0 bridgehead atoms. The summed E-state index contributed by atoms with van der Waals surface area (Å²) in [5.41, 5.74) is 0.684. The van der Waals surface area contributed by atoms with Crippen LogP contribution in [0.25, 0.3) is 0 Å². The normalized spacial score (nSPS) is 9.86. The summed E-state index contributed by atoms with van der Waals surface area (Å²) in [5.74, 6) is 0.595. The summed E-state index contributed by atoms with van der Waals surface area (Å²) in [6.45, 7) is 2.16. The van der Waals surface area contributed by atoms with Crippen LogP contribution >= 0.6 is 0 Å². The van der Waals surface area contributed by atoms with Gasteiger partial charge in [-0.25, -0.2) is 0 Å². The molecule has 0 heterocycles. The molecular formula is C18H24O4. The predicted molar refractivity (Wildman–Crippen MR) is 87.4 cm³/mol. The van der Waals surface area contributed by atoms with E-state index < -0.39 is 0 Å². The van der Waals surface area contributed by atoms with Crippen molar-refractivity contribution in [2.24, 2.45) is 0 Å². The van der Waals surface area contributed by atoms with Crippen LogP contribution in [0.1, 0.15) is 38.2 Å². The van der Waals surface area contributed by atoms with Crippen LogP contribution in [0, 0.1) is 0 Å². The Morgan fingerprint density at radius 2 is 1.27 bits per heavy atom.